The summed E-state index contributed by atoms with van der Waals surface area (Å²) in [7, 11) is 0. The number of morpholine rings is 1. The van der Waals surface area contributed by atoms with Gasteiger partial charge in [-0.05, 0) is 6.92 Å². The minimum Gasteiger partial charge on any atom is -0.457 e. The van der Waals surface area contributed by atoms with E-state index in [9.17, 15) is 13.6 Å². The van der Waals surface area contributed by atoms with Crippen LogP contribution in [0.3, 0.4) is 0 Å². The number of alkyl halides is 2. The van der Waals surface area contributed by atoms with E-state index in [0.29, 0.717) is 19.8 Å². The van der Waals surface area contributed by atoms with Gasteiger partial charge in [0, 0.05) is 19.6 Å². The van der Waals surface area contributed by atoms with Crippen LogP contribution in [0, 0.1) is 0 Å². The first-order valence-corrected chi connectivity index (χ1v) is 4.88. The molecule has 4 nitrogen and oxygen atoms in total. The van der Waals surface area contributed by atoms with Crippen molar-refractivity contribution in [3.8, 4) is 0 Å². The molecule has 1 unspecified atom stereocenters. The van der Waals surface area contributed by atoms with Crippen molar-refractivity contribution in [3.63, 3.8) is 0 Å². The Labute approximate surface area is 87.1 Å². The van der Waals surface area contributed by atoms with E-state index in [0.717, 1.165) is 13.1 Å². The van der Waals surface area contributed by atoms with Crippen molar-refractivity contribution < 1.29 is 23.0 Å². The Balaban J connectivity index is 2.22. The topological polar surface area (TPSA) is 38.8 Å². The number of esters is 1. The van der Waals surface area contributed by atoms with Crippen molar-refractivity contribution in [1.82, 2.24) is 4.90 Å². The lowest BCUT2D eigenvalue weighted by Gasteiger charge is -2.28. The highest BCUT2D eigenvalue weighted by Gasteiger charge is 2.21. The molecule has 0 aromatic rings. The van der Waals surface area contributed by atoms with Crippen LogP contribution in [-0.4, -0.2) is 56.2 Å². The molecule has 1 rings (SSSR count). The number of carbonyl (C=O) groups is 1. The van der Waals surface area contributed by atoms with Gasteiger partial charge in [0.05, 0.1) is 13.2 Å². The highest BCUT2D eigenvalue weighted by molar-refractivity contribution is 5.72. The van der Waals surface area contributed by atoms with Gasteiger partial charge in [0.2, 0.25) is 0 Å². The van der Waals surface area contributed by atoms with E-state index in [2.05, 4.69) is 4.74 Å². The molecule has 0 saturated carbocycles. The second-order valence-electron chi connectivity index (χ2n) is 3.46. The van der Waals surface area contributed by atoms with Gasteiger partial charge in [0.15, 0.2) is 0 Å². The van der Waals surface area contributed by atoms with Gasteiger partial charge in [-0.15, -0.1) is 0 Å². The molecule has 88 valence electrons. The Hall–Kier alpha value is -0.750. The minimum atomic E-state index is -3.04. The summed E-state index contributed by atoms with van der Waals surface area (Å²) in [5, 5.41) is 0. The largest absolute Gasteiger partial charge is 0.457 e. The fourth-order valence-electron chi connectivity index (χ4n) is 1.43. The van der Waals surface area contributed by atoms with Gasteiger partial charge in [0.25, 0.3) is 0 Å². The van der Waals surface area contributed by atoms with E-state index in [1.165, 1.54) is 0 Å². The molecule has 0 bridgehead atoms. The normalized spacial score (nSPS) is 20.3. The van der Waals surface area contributed by atoms with Gasteiger partial charge in [-0.3, -0.25) is 4.90 Å². The first-order valence-electron chi connectivity index (χ1n) is 4.88. The lowest BCUT2D eigenvalue weighted by Crippen LogP contribution is -2.41. The predicted octanol–water partition coefficient (Wildman–Crippen LogP) is 0.515. The summed E-state index contributed by atoms with van der Waals surface area (Å²) in [5.41, 5.74) is 0. The van der Waals surface area contributed by atoms with Gasteiger partial charge < -0.3 is 9.47 Å². The maximum absolute atomic E-state index is 11.9. The number of nitrogens with zero attached hydrogens (tertiary/aromatic N) is 1. The molecule has 0 aromatic carbocycles. The van der Waals surface area contributed by atoms with Gasteiger partial charge in [-0.1, -0.05) is 0 Å². The van der Waals surface area contributed by atoms with Gasteiger partial charge >= 0.3 is 12.4 Å². The summed E-state index contributed by atoms with van der Waals surface area (Å²) in [6, 6.07) is 0. The number of halogens is 2. The summed E-state index contributed by atoms with van der Waals surface area (Å²) in [6.45, 7) is 4.84. The Morgan fingerprint density at radius 2 is 2.07 bits per heavy atom. The summed E-state index contributed by atoms with van der Waals surface area (Å²) >= 11 is 0. The molecule has 1 aliphatic rings. The zero-order valence-electron chi connectivity index (χ0n) is 8.62. The third-order valence-electron chi connectivity index (χ3n) is 2.11. The van der Waals surface area contributed by atoms with Crippen LogP contribution in [0.25, 0.3) is 0 Å². The van der Waals surface area contributed by atoms with Gasteiger partial charge in [-0.2, -0.15) is 8.78 Å². The molecular weight excluding hydrogens is 208 g/mol. The molecule has 1 fully saturated rings. The van der Waals surface area contributed by atoms with E-state index in [1.54, 1.807) is 6.92 Å². The zero-order valence-corrected chi connectivity index (χ0v) is 8.62. The molecule has 1 aliphatic heterocycles. The number of carbonyl (C=O) groups excluding carboxylic acids is 1. The molecule has 1 saturated heterocycles. The zero-order chi connectivity index (χ0) is 11.3. The van der Waals surface area contributed by atoms with Crippen molar-refractivity contribution in [2.24, 2.45) is 0 Å². The van der Waals surface area contributed by atoms with E-state index >= 15 is 0 Å². The van der Waals surface area contributed by atoms with Crippen LogP contribution in [0.1, 0.15) is 6.92 Å². The summed E-state index contributed by atoms with van der Waals surface area (Å²) in [6.07, 6.45) is -3.55. The standard InChI is InChI=1S/C9H15F2NO3/c1-7(15-9(13)8(10)11)6-12-2-4-14-5-3-12/h7-8H,2-6H2,1H3. The first kappa shape index (κ1) is 12.3. The second-order valence-corrected chi connectivity index (χ2v) is 3.46. The molecule has 15 heavy (non-hydrogen) atoms. The third kappa shape index (κ3) is 4.53. The maximum atomic E-state index is 11.9. The fraction of sp³-hybridized carbons (Fsp3) is 0.889. The highest BCUT2D eigenvalue weighted by Crippen LogP contribution is 2.04. The molecular formula is C9H15F2NO3. The summed E-state index contributed by atoms with van der Waals surface area (Å²) in [5.74, 6) is -1.45. The molecule has 0 radical (unpaired) electrons. The van der Waals surface area contributed by atoms with Crippen LogP contribution < -0.4 is 0 Å². The Bertz CT molecular complexity index is 208. The molecule has 0 spiro atoms. The molecule has 1 heterocycles. The molecule has 1 atom stereocenters. The minimum absolute atomic E-state index is 0.474. The quantitative estimate of drug-likeness (QED) is 0.651. The van der Waals surface area contributed by atoms with Crippen LogP contribution in [0.15, 0.2) is 0 Å². The molecule has 0 aromatic heterocycles. The third-order valence-corrected chi connectivity index (χ3v) is 2.11. The number of hydrogen-bond acceptors (Lipinski definition) is 4. The van der Waals surface area contributed by atoms with E-state index in [4.69, 9.17) is 4.74 Å². The van der Waals surface area contributed by atoms with Crippen molar-refractivity contribution in [2.75, 3.05) is 32.8 Å². The van der Waals surface area contributed by atoms with E-state index < -0.39 is 18.5 Å². The van der Waals surface area contributed by atoms with Crippen LogP contribution in [0.2, 0.25) is 0 Å². The average molecular weight is 223 g/mol. The lowest BCUT2D eigenvalue weighted by atomic mass is 10.3. The van der Waals surface area contributed by atoms with Gasteiger partial charge in [-0.25, -0.2) is 4.79 Å². The SMILES string of the molecule is CC(CN1CCOCC1)OC(=O)C(F)F. The molecule has 0 amide bonds. The van der Waals surface area contributed by atoms with Crippen molar-refractivity contribution >= 4 is 5.97 Å². The van der Waals surface area contributed by atoms with Crippen LogP contribution >= 0.6 is 0 Å². The van der Waals surface area contributed by atoms with Gasteiger partial charge in [0.1, 0.15) is 6.10 Å². The number of ether oxygens (including phenoxy) is 2. The molecule has 0 aliphatic carbocycles. The van der Waals surface area contributed by atoms with Crippen LogP contribution in [0.5, 0.6) is 0 Å². The maximum Gasteiger partial charge on any atom is 0.374 e. The lowest BCUT2D eigenvalue weighted by molar-refractivity contribution is -0.162. The van der Waals surface area contributed by atoms with Crippen LogP contribution in [0.4, 0.5) is 8.78 Å². The Morgan fingerprint density at radius 3 is 2.60 bits per heavy atom. The average Bonchev–Trinajstić information content (AvgIpc) is 2.18. The van der Waals surface area contributed by atoms with Crippen LogP contribution in [-0.2, 0) is 14.3 Å². The van der Waals surface area contributed by atoms with E-state index in [1.807, 2.05) is 4.90 Å². The van der Waals surface area contributed by atoms with E-state index in [-0.39, 0.29) is 0 Å². The second kappa shape index (κ2) is 5.97. The summed E-state index contributed by atoms with van der Waals surface area (Å²) in [4.78, 5) is 12.6. The van der Waals surface area contributed by atoms with Crippen molar-refractivity contribution in [1.29, 1.82) is 0 Å². The molecule has 0 N–H and O–H groups in total. The Kier molecular flexibility index (Phi) is 4.90. The smallest absolute Gasteiger partial charge is 0.374 e. The summed E-state index contributed by atoms with van der Waals surface area (Å²) < 4.78 is 33.4. The fourth-order valence-corrected chi connectivity index (χ4v) is 1.43. The molecule has 6 heteroatoms. The first-order chi connectivity index (χ1) is 7.09. The number of rotatable bonds is 4. The van der Waals surface area contributed by atoms with Crippen molar-refractivity contribution in [3.05, 3.63) is 0 Å². The Morgan fingerprint density at radius 1 is 1.47 bits per heavy atom. The van der Waals surface area contributed by atoms with Crippen molar-refractivity contribution in [2.45, 2.75) is 19.5 Å². The highest BCUT2D eigenvalue weighted by atomic mass is 19.3. The predicted molar refractivity (Wildman–Crippen MR) is 48.8 cm³/mol. The monoisotopic (exact) mass is 223 g/mol. The number of hydrogen-bond donors (Lipinski definition) is 0.